The Morgan fingerprint density at radius 1 is 1.12 bits per heavy atom. The molecule has 0 spiro atoms. The molecule has 1 amide bonds. The second kappa shape index (κ2) is 6.34. The normalized spacial score (nSPS) is 15.7. The summed E-state index contributed by atoms with van der Waals surface area (Å²) < 4.78 is 0. The average Bonchev–Trinajstić information content (AvgIpc) is 2.85. The monoisotopic (exact) mass is 362 g/mol. The maximum absolute atomic E-state index is 12.4. The van der Waals surface area contributed by atoms with Crippen molar-refractivity contribution < 1.29 is 4.79 Å². The number of rotatable bonds is 3. The number of hydrazine groups is 1. The second-order valence-corrected chi connectivity index (χ2v) is 6.72. The average molecular weight is 363 g/mol. The van der Waals surface area contributed by atoms with Gasteiger partial charge in [-0.1, -0.05) is 29.3 Å². The van der Waals surface area contributed by atoms with Crippen molar-refractivity contribution in [2.45, 2.75) is 19.5 Å². The Morgan fingerprint density at radius 2 is 1.83 bits per heavy atom. The molecule has 2 aromatic rings. The summed E-state index contributed by atoms with van der Waals surface area (Å²) >= 11 is 11.9. The molecule has 1 aliphatic heterocycles. The molecule has 1 heterocycles. The lowest BCUT2D eigenvalue weighted by Gasteiger charge is -2.30. The number of nitrogens with zero attached hydrogens (tertiary/aromatic N) is 2. The fourth-order valence-electron chi connectivity index (χ4n) is 2.41. The zero-order valence-electron chi connectivity index (χ0n) is 13.2. The number of anilines is 2. The molecule has 24 heavy (non-hydrogen) atoms. The number of halogens is 2. The molecule has 124 valence electrons. The van der Waals surface area contributed by atoms with Crippen molar-refractivity contribution in [1.29, 1.82) is 0 Å². The van der Waals surface area contributed by atoms with Crippen LogP contribution in [0, 0.1) is 0 Å². The van der Waals surface area contributed by atoms with Crippen molar-refractivity contribution in [1.82, 2.24) is 5.43 Å². The third-order valence-corrected chi connectivity index (χ3v) is 4.02. The standard InChI is InChI=1S/C17H16Cl2N4O/c1-17(2)21-15(16(24)20-13-8-6-11(18)7-9-13)22-23(17)14-5-3-4-12(19)10-14/h3-10H,1-2H3,(H,20,24)(H,21,22). The maximum atomic E-state index is 12.4. The Balaban J connectivity index is 1.78. The summed E-state index contributed by atoms with van der Waals surface area (Å²) in [5.74, 6) is -0.0927. The Labute approximate surface area is 150 Å². The van der Waals surface area contributed by atoms with Gasteiger partial charge in [0.05, 0.1) is 5.69 Å². The highest BCUT2D eigenvalue weighted by Crippen LogP contribution is 2.28. The largest absolute Gasteiger partial charge is 0.319 e. The van der Waals surface area contributed by atoms with E-state index in [1.54, 1.807) is 35.3 Å². The maximum Gasteiger partial charge on any atom is 0.292 e. The Morgan fingerprint density at radius 3 is 2.50 bits per heavy atom. The number of benzene rings is 2. The molecule has 1 aliphatic rings. The number of hydrogen-bond acceptors (Lipinski definition) is 4. The van der Waals surface area contributed by atoms with Crippen LogP contribution in [0.3, 0.4) is 0 Å². The van der Waals surface area contributed by atoms with E-state index in [-0.39, 0.29) is 11.7 Å². The van der Waals surface area contributed by atoms with E-state index in [9.17, 15) is 4.79 Å². The van der Waals surface area contributed by atoms with Crippen molar-refractivity contribution in [2.24, 2.45) is 4.99 Å². The SMILES string of the molecule is CC1(C)N=C(C(=O)Nc2ccc(Cl)cc2)NN1c1cccc(Cl)c1. The van der Waals surface area contributed by atoms with Gasteiger partial charge in [-0.25, -0.2) is 4.99 Å². The molecular formula is C17H16Cl2N4O. The first-order valence-electron chi connectivity index (χ1n) is 7.34. The molecule has 0 saturated carbocycles. The van der Waals surface area contributed by atoms with Crippen LogP contribution in [0.5, 0.6) is 0 Å². The number of hydrogen-bond donors (Lipinski definition) is 2. The van der Waals surface area contributed by atoms with Crippen LogP contribution >= 0.6 is 23.2 Å². The third-order valence-electron chi connectivity index (χ3n) is 3.53. The fraction of sp³-hybridized carbons (Fsp3) is 0.176. The van der Waals surface area contributed by atoms with Crippen LogP contribution in [0.25, 0.3) is 0 Å². The van der Waals surface area contributed by atoms with Gasteiger partial charge in [-0.05, 0) is 56.3 Å². The molecule has 0 atom stereocenters. The number of aliphatic imine (C=N–C) groups is 1. The summed E-state index contributed by atoms with van der Waals surface area (Å²) in [7, 11) is 0. The first-order chi connectivity index (χ1) is 11.3. The summed E-state index contributed by atoms with van der Waals surface area (Å²) in [6, 6.07) is 14.2. The van der Waals surface area contributed by atoms with Crippen LogP contribution in [0.1, 0.15) is 13.8 Å². The number of carbonyl (C=O) groups excluding carboxylic acids is 1. The van der Waals surface area contributed by atoms with Crippen molar-refractivity contribution in [3.05, 3.63) is 58.6 Å². The van der Waals surface area contributed by atoms with E-state index in [0.717, 1.165) is 5.69 Å². The summed E-state index contributed by atoms with van der Waals surface area (Å²) in [5, 5.41) is 5.81. The highest BCUT2D eigenvalue weighted by molar-refractivity contribution is 6.43. The summed E-state index contributed by atoms with van der Waals surface area (Å²) in [5.41, 5.74) is 3.89. The first-order valence-corrected chi connectivity index (χ1v) is 8.10. The van der Waals surface area contributed by atoms with E-state index in [1.165, 1.54) is 0 Å². The summed E-state index contributed by atoms with van der Waals surface area (Å²) in [4.78, 5) is 16.9. The summed E-state index contributed by atoms with van der Waals surface area (Å²) in [6.45, 7) is 3.81. The van der Waals surface area contributed by atoms with Gasteiger partial charge in [-0.2, -0.15) is 0 Å². The number of nitrogens with one attached hydrogen (secondary N) is 2. The smallest absolute Gasteiger partial charge is 0.292 e. The molecule has 2 N–H and O–H groups in total. The van der Waals surface area contributed by atoms with E-state index < -0.39 is 5.66 Å². The van der Waals surface area contributed by atoms with E-state index in [1.807, 2.05) is 32.0 Å². The minimum absolute atomic E-state index is 0.231. The van der Waals surface area contributed by atoms with Crippen LogP contribution in [0.4, 0.5) is 11.4 Å². The van der Waals surface area contributed by atoms with Crippen molar-refractivity contribution in [2.75, 3.05) is 10.3 Å². The molecule has 5 nitrogen and oxygen atoms in total. The van der Waals surface area contributed by atoms with Gasteiger partial charge in [-0.3, -0.25) is 15.2 Å². The van der Waals surface area contributed by atoms with Gasteiger partial charge in [0, 0.05) is 15.7 Å². The molecule has 2 aromatic carbocycles. The van der Waals surface area contributed by atoms with Gasteiger partial charge in [-0.15, -0.1) is 0 Å². The predicted molar refractivity (Wildman–Crippen MR) is 98.7 cm³/mol. The Kier molecular flexibility index (Phi) is 4.39. The Bertz CT molecular complexity index is 802. The number of carbonyl (C=O) groups is 1. The fourth-order valence-corrected chi connectivity index (χ4v) is 2.72. The zero-order chi connectivity index (χ0) is 17.3. The molecule has 0 bridgehead atoms. The quantitative estimate of drug-likeness (QED) is 0.864. The molecule has 3 rings (SSSR count). The number of amides is 1. The lowest BCUT2D eigenvalue weighted by molar-refractivity contribution is -0.110. The molecule has 0 fully saturated rings. The van der Waals surface area contributed by atoms with E-state index in [0.29, 0.717) is 15.7 Å². The molecular weight excluding hydrogens is 347 g/mol. The van der Waals surface area contributed by atoms with Gasteiger partial charge < -0.3 is 5.32 Å². The molecule has 0 radical (unpaired) electrons. The number of amidine groups is 1. The minimum atomic E-state index is -0.628. The molecule has 0 unspecified atom stereocenters. The molecule has 0 aliphatic carbocycles. The highest BCUT2D eigenvalue weighted by atomic mass is 35.5. The van der Waals surface area contributed by atoms with Crippen LogP contribution in [0.15, 0.2) is 53.5 Å². The first kappa shape index (κ1) is 16.6. The third kappa shape index (κ3) is 3.47. The van der Waals surface area contributed by atoms with Crippen molar-refractivity contribution >= 4 is 46.3 Å². The lowest BCUT2D eigenvalue weighted by atomic mass is 10.2. The van der Waals surface area contributed by atoms with Gasteiger partial charge in [0.15, 0.2) is 0 Å². The Hall–Kier alpha value is -2.24. The topological polar surface area (TPSA) is 56.7 Å². The van der Waals surface area contributed by atoms with Gasteiger partial charge in [0.1, 0.15) is 5.66 Å². The van der Waals surface area contributed by atoms with Gasteiger partial charge in [0.25, 0.3) is 5.91 Å². The zero-order valence-corrected chi connectivity index (χ0v) is 14.7. The van der Waals surface area contributed by atoms with Crippen LogP contribution < -0.4 is 15.8 Å². The summed E-state index contributed by atoms with van der Waals surface area (Å²) in [6.07, 6.45) is 0. The van der Waals surface area contributed by atoms with Crippen molar-refractivity contribution in [3.63, 3.8) is 0 Å². The lowest BCUT2D eigenvalue weighted by Crippen LogP contribution is -2.48. The van der Waals surface area contributed by atoms with Crippen LogP contribution in [-0.2, 0) is 4.79 Å². The molecule has 7 heteroatoms. The van der Waals surface area contributed by atoms with E-state index in [4.69, 9.17) is 23.2 Å². The van der Waals surface area contributed by atoms with Gasteiger partial charge >= 0.3 is 0 Å². The van der Waals surface area contributed by atoms with Gasteiger partial charge in [0.2, 0.25) is 5.84 Å². The molecule has 0 aromatic heterocycles. The highest BCUT2D eigenvalue weighted by Gasteiger charge is 2.36. The van der Waals surface area contributed by atoms with E-state index >= 15 is 0 Å². The second-order valence-electron chi connectivity index (χ2n) is 5.84. The van der Waals surface area contributed by atoms with E-state index in [2.05, 4.69) is 15.7 Å². The van der Waals surface area contributed by atoms with Crippen molar-refractivity contribution in [3.8, 4) is 0 Å². The van der Waals surface area contributed by atoms with Crippen LogP contribution in [0.2, 0.25) is 10.0 Å². The predicted octanol–water partition coefficient (Wildman–Crippen LogP) is 4.09. The molecule has 0 saturated heterocycles. The minimum Gasteiger partial charge on any atom is -0.319 e. The van der Waals surface area contributed by atoms with Crippen LogP contribution in [-0.4, -0.2) is 17.4 Å².